The first-order chi connectivity index (χ1) is 12.2. The van der Waals surface area contributed by atoms with Crippen molar-refractivity contribution in [1.29, 1.82) is 0 Å². The molecule has 0 amide bonds. The van der Waals surface area contributed by atoms with Gasteiger partial charge in [-0.25, -0.2) is 0 Å². The maximum Gasteiger partial charge on any atom is 0.0127 e. The average molecular weight is 355 g/mol. The molecular weight excluding hydrogens is 320 g/mol. The molecule has 2 aromatic rings. The second kappa shape index (κ2) is 10.7. The van der Waals surface area contributed by atoms with Gasteiger partial charge in [0.1, 0.15) is 0 Å². The number of hydrogen-bond acceptors (Lipinski definition) is 1. The SMILES string of the molecule is CCCc1cc(CCC)cc(Sc2cc(CCC)cc(CCC)c2)c1. The second-order valence-corrected chi connectivity index (χ2v) is 8.22. The summed E-state index contributed by atoms with van der Waals surface area (Å²) in [7, 11) is 0. The predicted molar refractivity (Wildman–Crippen MR) is 113 cm³/mol. The Bertz CT molecular complexity index is 551. The molecule has 0 fully saturated rings. The maximum atomic E-state index is 2.41. The van der Waals surface area contributed by atoms with Gasteiger partial charge in [-0.05, 0) is 72.2 Å². The molecule has 0 saturated heterocycles. The van der Waals surface area contributed by atoms with E-state index in [0.29, 0.717) is 0 Å². The lowest BCUT2D eigenvalue weighted by Gasteiger charge is -2.12. The summed E-state index contributed by atoms with van der Waals surface area (Å²) >= 11 is 1.95. The zero-order chi connectivity index (χ0) is 18.1. The van der Waals surface area contributed by atoms with Gasteiger partial charge in [-0.1, -0.05) is 77.3 Å². The third-order valence-electron chi connectivity index (χ3n) is 4.44. The topological polar surface area (TPSA) is 0 Å². The van der Waals surface area contributed by atoms with Gasteiger partial charge in [0.15, 0.2) is 0 Å². The Labute approximate surface area is 159 Å². The van der Waals surface area contributed by atoms with Crippen molar-refractivity contribution in [2.45, 2.75) is 88.9 Å². The van der Waals surface area contributed by atoms with Crippen molar-refractivity contribution in [1.82, 2.24) is 0 Å². The molecule has 0 aliphatic heterocycles. The molecule has 0 saturated carbocycles. The van der Waals surface area contributed by atoms with Crippen molar-refractivity contribution >= 4 is 11.8 Å². The minimum absolute atomic E-state index is 1.18. The molecule has 0 aliphatic carbocycles. The Hall–Kier alpha value is -1.21. The Morgan fingerprint density at radius 2 is 0.760 bits per heavy atom. The summed E-state index contributed by atoms with van der Waals surface area (Å²) in [5.41, 5.74) is 5.98. The van der Waals surface area contributed by atoms with Crippen molar-refractivity contribution < 1.29 is 0 Å². The van der Waals surface area contributed by atoms with E-state index in [0.717, 1.165) is 0 Å². The Balaban J connectivity index is 2.30. The first kappa shape index (κ1) is 20.1. The Kier molecular flexibility index (Phi) is 8.61. The van der Waals surface area contributed by atoms with Crippen molar-refractivity contribution in [2.24, 2.45) is 0 Å². The molecule has 2 rings (SSSR count). The third kappa shape index (κ3) is 6.55. The lowest BCUT2D eigenvalue weighted by Crippen LogP contribution is -1.92. The van der Waals surface area contributed by atoms with Gasteiger partial charge in [0.2, 0.25) is 0 Å². The van der Waals surface area contributed by atoms with Gasteiger partial charge in [-0.3, -0.25) is 0 Å². The van der Waals surface area contributed by atoms with E-state index in [4.69, 9.17) is 0 Å². The highest BCUT2D eigenvalue weighted by molar-refractivity contribution is 7.99. The summed E-state index contributed by atoms with van der Waals surface area (Å²) < 4.78 is 0. The monoisotopic (exact) mass is 354 g/mol. The molecular formula is C24H34S. The van der Waals surface area contributed by atoms with E-state index < -0.39 is 0 Å². The molecule has 0 aromatic heterocycles. The molecule has 0 bridgehead atoms. The number of hydrogen-bond donors (Lipinski definition) is 0. The van der Waals surface area contributed by atoms with E-state index >= 15 is 0 Å². The van der Waals surface area contributed by atoms with Crippen LogP contribution in [0, 0.1) is 0 Å². The summed E-state index contributed by atoms with van der Waals surface area (Å²) in [5.74, 6) is 0. The van der Waals surface area contributed by atoms with Gasteiger partial charge in [-0.2, -0.15) is 0 Å². The molecule has 0 aliphatic rings. The lowest BCUT2D eigenvalue weighted by molar-refractivity contribution is 0.886. The molecule has 25 heavy (non-hydrogen) atoms. The van der Waals surface area contributed by atoms with Crippen LogP contribution in [0.3, 0.4) is 0 Å². The number of aryl methyl sites for hydroxylation is 4. The summed E-state index contributed by atoms with van der Waals surface area (Å²) in [5, 5.41) is 0. The van der Waals surface area contributed by atoms with Crippen LogP contribution in [-0.4, -0.2) is 0 Å². The highest BCUT2D eigenvalue weighted by Gasteiger charge is 2.06. The van der Waals surface area contributed by atoms with Crippen molar-refractivity contribution in [3.05, 3.63) is 58.7 Å². The van der Waals surface area contributed by atoms with Crippen LogP contribution >= 0.6 is 11.8 Å². The molecule has 136 valence electrons. The van der Waals surface area contributed by atoms with Crippen molar-refractivity contribution in [3.8, 4) is 0 Å². The van der Waals surface area contributed by atoms with Crippen LogP contribution in [0.2, 0.25) is 0 Å². The minimum Gasteiger partial charge on any atom is -0.0901 e. The molecule has 0 N–H and O–H groups in total. The molecule has 0 heterocycles. The van der Waals surface area contributed by atoms with E-state index in [1.807, 2.05) is 11.8 Å². The highest BCUT2D eigenvalue weighted by Crippen LogP contribution is 2.32. The van der Waals surface area contributed by atoms with Gasteiger partial charge in [0.05, 0.1) is 0 Å². The largest absolute Gasteiger partial charge is 0.0901 e. The molecule has 2 aromatic carbocycles. The fourth-order valence-electron chi connectivity index (χ4n) is 3.44. The van der Waals surface area contributed by atoms with Gasteiger partial charge >= 0.3 is 0 Å². The summed E-state index contributed by atoms with van der Waals surface area (Å²) in [6, 6.07) is 14.4. The lowest BCUT2D eigenvalue weighted by atomic mass is 10.0. The maximum absolute atomic E-state index is 2.41. The standard InChI is InChI=1S/C24H34S/c1-5-9-19-13-20(10-6-2)16-23(15-19)25-24-17-21(11-7-3)14-22(18-24)12-8-4/h13-18H,5-12H2,1-4H3. The normalized spacial score (nSPS) is 11.0. The van der Waals surface area contributed by atoms with Crippen molar-refractivity contribution in [3.63, 3.8) is 0 Å². The Morgan fingerprint density at radius 1 is 0.480 bits per heavy atom. The van der Waals surface area contributed by atoms with E-state index in [2.05, 4.69) is 64.1 Å². The van der Waals surface area contributed by atoms with Gasteiger partial charge in [0, 0.05) is 9.79 Å². The Morgan fingerprint density at radius 3 is 1.00 bits per heavy atom. The predicted octanol–water partition coefficient (Wildman–Crippen LogP) is 7.65. The van der Waals surface area contributed by atoms with Gasteiger partial charge in [0.25, 0.3) is 0 Å². The average Bonchev–Trinajstić information content (AvgIpc) is 2.55. The molecule has 0 spiro atoms. The van der Waals surface area contributed by atoms with Crippen LogP contribution in [0.4, 0.5) is 0 Å². The highest BCUT2D eigenvalue weighted by atomic mass is 32.2. The summed E-state index contributed by atoms with van der Waals surface area (Å²) in [4.78, 5) is 2.82. The van der Waals surface area contributed by atoms with Crippen LogP contribution in [0.1, 0.15) is 75.6 Å². The summed E-state index contributed by atoms with van der Waals surface area (Å²) in [6.45, 7) is 9.07. The number of benzene rings is 2. The minimum atomic E-state index is 1.18. The first-order valence-corrected chi connectivity index (χ1v) is 10.9. The van der Waals surface area contributed by atoms with E-state index in [-0.39, 0.29) is 0 Å². The number of rotatable bonds is 10. The molecule has 0 radical (unpaired) electrons. The van der Waals surface area contributed by atoms with Crippen LogP contribution < -0.4 is 0 Å². The zero-order valence-corrected chi connectivity index (χ0v) is 17.3. The van der Waals surface area contributed by atoms with Crippen LogP contribution in [0.15, 0.2) is 46.2 Å². The van der Waals surface area contributed by atoms with E-state index in [1.54, 1.807) is 0 Å². The fraction of sp³-hybridized carbons (Fsp3) is 0.500. The van der Waals surface area contributed by atoms with Gasteiger partial charge < -0.3 is 0 Å². The van der Waals surface area contributed by atoms with Crippen LogP contribution in [0.5, 0.6) is 0 Å². The fourth-order valence-corrected chi connectivity index (χ4v) is 4.56. The smallest absolute Gasteiger partial charge is 0.0127 e. The summed E-state index contributed by atoms with van der Waals surface area (Å²) in [6.07, 6.45) is 9.59. The van der Waals surface area contributed by atoms with Crippen molar-refractivity contribution in [2.75, 3.05) is 0 Å². The molecule has 0 unspecified atom stereocenters. The molecule has 0 nitrogen and oxygen atoms in total. The molecule has 0 atom stereocenters. The molecule has 1 heteroatoms. The zero-order valence-electron chi connectivity index (χ0n) is 16.5. The second-order valence-electron chi connectivity index (χ2n) is 7.07. The van der Waals surface area contributed by atoms with Crippen LogP contribution in [0.25, 0.3) is 0 Å². The van der Waals surface area contributed by atoms with Crippen LogP contribution in [-0.2, 0) is 25.7 Å². The quantitative estimate of drug-likeness (QED) is 0.422. The van der Waals surface area contributed by atoms with Gasteiger partial charge in [-0.15, -0.1) is 0 Å². The first-order valence-electron chi connectivity index (χ1n) is 10.1. The van der Waals surface area contributed by atoms with E-state index in [9.17, 15) is 0 Å². The van der Waals surface area contributed by atoms with E-state index in [1.165, 1.54) is 83.4 Å². The third-order valence-corrected chi connectivity index (χ3v) is 5.39.